The lowest BCUT2D eigenvalue weighted by molar-refractivity contribution is 0.0593. The topological polar surface area (TPSA) is 90.1 Å². The maximum atomic E-state index is 11.2. The lowest BCUT2D eigenvalue weighted by Gasteiger charge is -2.03. The molecule has 0 aliphatic rings. The van der Waals surface area contributed by atoms with Gasteiger partial charge < -0.3 is 14.6 Å². The monoisotopic (exact) mass is 234 g/mol. The van der Waals surface area contributed by atoms with E-state index in [2.05, 4.69) is 29.7 Å². The molecule has 0 aliphatic heterocycles. The molecule has 17 heavy (non-hydrogen) atoms. The first kappa shape index (κ1) is 11.1. The third-order valence-corrected chi connectivity index (χ3v) is 1.97. The highest BCUT2D eigenvalue weighted by atomic mass is 16.5. The summed E-state index contributed by atoms with van der Waals surface area (Å²) in [4.78, 5) is 19.1. The number of ether oxygens (including phenoxy) is 1. The third-order valence-electron chi connectivity index (χ3n) is 1.97. The number of esters is 1. The van der Waals surface area contributed by atoms with Crippen molar-refractivity contribution in [1.82, 2.24) is 15.1 Å². The predicted molar refractivity (Wildman–Crippen MR) is 57.2 cm³/mol. The molecule has 0 saturated heterocycles. The summed E-state index contributed by atoms with van der Waals surface area (Å²) in [7, 11) is 1.29. The van der Waals surface area contributed by atoms with E-state index in [9.17, 15) is 4.79 Å². The van der Waals surface area contributed by atoms with Gasteiger partial charge in [0.1, 0.15) is 17.8 Å². The van der Waals surface area contributed by atoms with Crippen LogP contribution in [-0.2, 0) is 11.3 Å². The average molecular weight is 234 g/mol. The van der Waals surface area contributed by atoms with Crippen molar-refractivity contribution in [3.63, 3.8) is 0 Å². The van der Waals surface area contributed by atoms with Crippen LogP contribution in [0.4, 0.5) is 5.82 Å². The van der Waals surface area contributed by atoms with Crippen molar-refractivity contribution in [2.24, 2.45) is 0 Å². The Labute approximate surface area is 96.8 Å². The van der Waals surface area contributed by atoms with Crippen LogP contribution in [0.25, 0.3) is 0 Å². The number of carbonyl (C=O) groups is 1. The number of aromatic nitrogens is 3. The first-order valence-electron chi connectivity index (χ1n) is 4.83. The van der Waals surface area contributed by atoms with E-state index in [4.69, 9.17) is 0 Å². The van der Waals surface area contributed by atoms with E-state index in [1.165, 1.54) is 25.8 Å². The van der Waals surface area contributed by atoms with Gasteiger partial charge in [-0.25, -0.2) is 9.78 Å². The Morgan fingerprint density at radius 2 is 2.41 bits per heavy atom. The molecule has 0 bridgehead atoms. The zero-order valence-electron chi connectivity index (χ0n) is 9.08. The van der Waals surface area contributed by atoms with Crippen LogP contribution >= 0.6 is 0 Å². The highest BCUT2D eigenvalue weighted by molar-refractivity contribution is 5.87. The maximum Gasteiger partial charge on any atom is 0.358 e. The fourth-order valence-corrected chi connectivity index (χ4v) is 1.16. The Morgan fingerprint density at radius 3 is 3.12 bits per heavy atom. The highest BCUT2D eigenvalue weighted by Crippen LogP contribution is 2.05. The summed E-state index contributed by atoms with van der Waals surface area (Å²) >= 11 is 0. The summed E-state index contributed by atoms with van der Waals surface area (Å²) in [5, 5.41) is 6.69. The summed E-state index contributed by atoms with van der Waals surface area (Å²) < 4.78 is 9.23. The van der Waals surface area contributed by atoms with Crippen molar-refractivity contribution in [2.45, 2.75) is 6.54 Å². The Balaban J connectivity index is 2.03. The Bertz CT molecular complexity index is 498. The second-order valence-electron chi connectivity index (χ2n) is 3.13. The molecular weight excluding hydrogens is 224 g/mol. The second kappa shape index (κ2) is 5.06. The quantitative estimate of drug-likeness (QED) is 0.784. The van der Waals surface area contributed by atoms with Gasteiger partial charge in [0.15, 0.2) is 5.69 Å². The molecule has 2 rings (SSSR count). The number of nitrogens with one attached hydrogen (secondary N) is 1. The minimum Gasteiger partial charge on any atom is -0.464 e. The van der Waals surface area contributed by atoms with E-state index in [0.29, 0.717) is 12.4 Å². The molecule has 7 nitrogen and oxygen atoms in total. The molecule has 0 fully saturated rings. The Hall–Kier alpha value is -2.44. The van der Waals surface area contributed by atoms with E-state index in [1.807, 2.05) is 0 Å². The SMILES string of the molecule is COC(=O)c1cncc(NCc2ccon2)n1. The molecule has 2 aromatic heterocycles. The molecule has 0 unspecified atom stereocenters. The van der Waals surface area contributed by atoms with Gasteiger partial charge in [-0.1, -0.05) is 5.16 Å². The van der Waals surface area contributed by atoms with Crippen molar-refractivity contribution >= 4 is 11.8 Å². The smallest absolute Gasteiger partial charge is 0.358 e. The van der Waals surface area contributed by atoms with E-state index < -0.39 is 5.97 Å². The van der Waals surface area contributed by atoms with Crippen LogP contribution in [0.5, 0.6) is 0 Å². The first-order chi connectivity index (χ1) is 8.29. The number of carbonyl (C=O) groups excluding carboxylic acids is 1. The van der Waals surface area contributed by atoms with Crippen molar-refractivity contribution in [3.05, 3.63) is 36.1 Å². The molecule has 0 saturated carbocycles. The van der Waals surface area contributed by atoms with Crippen LogP contribution in [0.2, 0.25) is 0 Å². The van der Waals surface area contributed by atoms with Gasteiger partial charge in [0.05, 0.1) is 26.0 Å². The van der Waals surface area contributed by atoms with E-state index in [0.717, 1.165) is 5.69 Å². The molecule has 0 amide bonds. The normalized spacial score (nSPS) is 9.94. The minimum atomic E-state index is -0.525. The number of rotatable bonds is 4. The Kier molecular flexibility index (Phi) is 3.29. The molecule has 2 heterocycles. The van der Waals surface area contributed by atoms with Crippen LogP contribution in [0.15, 0.2) is 29.2 Å². The Morgan fingerprint density at radius 1 is 1.53 bits per heavy atom. The average Bonchev–Trinajstić information content (AvgIpc) is 2.89. The summed E-state index contributed by atoms with van der Waals surface area (Å²) in [6.45, 7) is 0.440. The number of anilines is 1. The van der Waals surface area contributed by atoms with Crippen molar-refractivity contribution in [3.8, 4) is 0 Å². The second-order valence-corrected chi connectivity index (χ2v) is 3.13. The van der Waals surface area contributed by atoms with Crippen LogP contribution in [-0.4, -0.2) is 28.2 Å². The van der Waals surface area contributed by atoms with Gasteiger partial charge in [-0.05, 0) is 0 Å². The zero-order chi connectivity index (χ0) is 12.1. The molecule has 0 radical (unpaired) electrons. The van der Waals surface area contributed by atoms with Crippen LogP contribution in [0.1, 0.15) is 16.2 Å². The van der Waals surface area contributed by atoms with Crippen LogP contribution < -0.4 is 5.32 Å². The lowest BCUT2D eigenvalue weighted by Crippen LogP contribution is -2.08. The summed E-state index contributed by atoms with van der Waals surface area (Å²) in [6.07, 6.45) is 4.33. The first-order valence-corrected chi connectivity index (χ1v) is 4.83. The van der Waals surface area contributed by atoms with E-state index in [-0.39, 0.29) is 5.69 Å². The fourth-order valence-electron chi connectivity index (χ4n) is 1.16. The zero-order valence-corrected chi connectivity index (χ0v) is 9.08. The molecular formula is C10H10N4O3. The number of methoxy groups -OCH3 is 1. The van der Waals surface area contributed by atoms with Crippen molar-refractivity contribution in [2.75, 3.05) is 12.4 Å². The highest BCUT2D eigenvalue weighted by Gasteiger charge is 2.08. The maximum absolute atomic E-state index is 11.2. The predicted octanol–water partition coefficient (Wildman–Crippen LogP) is 0.863. The molecule has 0 aromatic carbocycles. The van der Waals surface area contributed by atoms with E-state index in [1.54, 1.807) is 6.07 Å². The molecule has 0 spiro atoms. The number of hydrogen-bond acceptors (Lipinski definition) is 7. The standard InChI is InChI=1S/C10H10N4O3/c1-16-10(15)8-5-11-6-9(13-8)12-4-7-2-3-17-14-7/h2-3,5-6H,4H2,1H3,(H,12,13). The van der Waals surface area contributed by atoms with Gasteiger partial charge in [-0.2, -0.15) is 0 Å². The molecule has 0 aliphatic carbocycles. The number of hydrogen-bond donors (Lipinski definition) is 1. The molecule has 1 N–H and O–H groups in total. The molecule has 7 heteroatoms. The largest absolute Gasteiger partial charge is 0.464 e. The van der Waals surface area contributed by atoms with E-state index >= 15 is 0 Å². The number of nitrogens with zero attached hydrogens (tertiary/aromatic N) is 3. The van der Waals surface area contributed by atoms with Crippen LogP contribution in [0.3, 0.4) is 0 Å². The van der Waals surface area contributed by atoms with Gasteiger partial charge in [0.2, 0.25) is 0 Å². The van der Waals surface area contributed by atoms with Gasteiger partial charge in [-0.3, -0.25) is 4.98 Å². The lowest BCUT2D eigenvalue weighted by atomic mass is 10.4. The summed E-state index contributed by atoms with van der Waals surface area (Å²) in [6, 6.07) is 1.73. The summed E-state index contributed by atoms with van der Waals surface area (Å²) in [5.41, 5.74) is 0.882. The summed E-state index contributed by atoms with van der Waals surface area (Å²) in [5.74, 6) is -0.0570. The molecule has 0 atom stereocenters. The van der Waals surface area contributed by atoms with Crippen molar-refractivity contribution < 1.29 is 14.1 Å². The van der Waals surface area contributed by atoms with Crippen LogP contribution in [0, 0.1) is 0 Å². The van der Waals surface area contributed by atoms with Gasteiger partial charge in [0.25, 0.3) is 0 Å². The fraction of sp³-hybridized carbons (Fsp3) is 0.200. The van der Waals surface area contributed by atoms with Gasteiger partial charge in [-0.15, -0.1) is 0 Å². The van der Waals surface area contributed by atoms with Gasteiger partial charge >= 0.3 is 5.97 Å². The molecule has 2 aromatic rings. The minimum absolute atomic E-state index is 0.151. The molecule has 88 valence electrons. The van der Waals surface area contributed by atoms with Gasteiger partial charge in [0, 0.05) is 6.07 Å². The van der Waals surface area contributed by atoms with Crippen molar-refractivity contribution in [1.29, 1.82) is 0 Å². The third kappa shape index (κ3) is 2.77.